The van der Waals surface area contributed by atoms with Gasteiger partial charge >= 0.3 is 15.4 Å². The van der Waals surface area contributed by atoms with Crippen LogP contribution in [-0.4, -0.2) is 104 Å². The second-order valence-electron chi connectivity index (χ2n) is 10.3. The summed E-state index contributed by atoms with van der Waals surface area (Å²) in [6.07, 6.45) is -10.3. The minimum atomic E-state index is -5.12. The summed E-state index contributed by atoms with van der Waals surface area (Å²) < 4.78 is 61.5. The van der Waals surface area contributed by atoms with E-state index in [9.17, 15) is 33.9 Å². The first-order valence-electron chi connectivity index (χ1n) is 13.1. The third-order valence-electron chi connectivity index (χ3n) is 7.32. The van der Waals surface area contributed by atoms with Crippen molar-refractivity contribution >= 4 is 49.4 Å². The van der Waals surface area contributed by atoms with E-state index in [1.807, 2.05) is 0 Å². The summed E-state index contributed by atoms with van der Waals surface area (Å²) in [7, 11) is -9.90. The predicted molar refractivity (Wildman–Crippen MR) is 146 cm³/mol. The summed E-state index contributed by atoms with van der Waals surface area (Å²) >= 11 is 0. The minimum Gasteiger partial charge on any atom is -0.397 e. The number of pyridine rings is 1. The van der Waals surface area contributed by atoms with Gasteiger partial charge in [-0.25, -0.2) is 19.5 Å². The number of aromatic amines is 1. The molecule has 4 aromatic rings. The first kappa shape index (κ1) is 30.3. The molecule has 3 saturated heterocycles. The Morgan fingerprint density at radius 3 is 2.44 bits per heavy atom. The summed E-state index contributed by atoms with van der Waals surface area (Å²) in [5.74, 6) is -0.288. The largest absolute Gasteiger partial charge is 0.472 e. The lowest BCUT2D eigenvalue weighted by Gasteiger charge is -2.25. The zero-order valence-corrected chi connectivity index (χ0v) is 24.3. The highest BCUT2D eigenvalue weighted by atomic mass is 31.2. The summed E-state index contributed by atoms with van der Waals surface area (Å²) in [6.45, 7) is -0.811. The number of hydrogen-bond donors (Lipinski definition) is 7. The molecule has 3 aliphatic heterocycles. The van der Waals surface area contributed by atoms with Gasteiger partial charge in [-0.3, -0.25) is 37.0 Å². The molecule has 3 fully saturated rings. The van der Waals surface area contributed by atoms with Crippen LogP contribution in [-0.2, 0) is 36.9 Å². The molecular formula is C21H25N9O13P2. The quantitative estimate of drug-likeness (QED) is 0.116. The number of aliphatic hydroxyl groups is 2. The van der Waals surface area contributed by atoms with Gasteiger partial charge < -0.3 is 45.7 Å². The Hall–Kier alpha value is -3.37. The fraction of sp³-hybridized carbons (Fsp3) is 0.476. The maximum atomic E-state index is 13.2. The molecule has 0 aliphatic carbocycles. The molecule has 4 aromatic heterocycles. The van der Waals surface area contributed by atoms with Gasteiger partial charge in [0.15, 0.2) is 41.9 Å². The SMILES string of the molecule is Nc1nc2c(ncn2[C@@H]2O[C@@H]3OCP(=O)(O)O[C@@H]4C(O)[C@H](n5cnc6c(N)ccnc65)O[C@@H]4COP(=O)(O)OC2[C@H]3O)c(=O)[nH]1. The monoisotopic (exact) mass is 673 g/mol. The molecule has 0 saturated carbocycles. The van der Waals surface area contributed by atoms with Gasteiger partial charge in [0.1, 0.15) is 36.0 Å². The number of nitrogens with one attached hydrogen (secondary N) is 1. The van der Waals surface area contributed by atoms with Crippen molar-refractivity contribution in [3.8, 4) is 0 Å². The Morgan fingerprint density at radius 2 is 1.67 bits per heavy atom. The summed E-state index contributed by atoms with van der Waals surface area (Å²) in [4.78, 5) is 52.2. The molecule has 9 N–H and O–H groups in total. The number of nitrogens with two attached hydrogens (primary N) is 2. The highest BCUT2D eigenvalue weighted by molar-refractivity contribution is 7.52. The molecule has 7 rings (SSSR count). The lowest BCUT2D eigenvalue weighted by Crippen LogP contribution is -2.36. The van der Waals surface area contributed by atoms with E-state index in [0.717, 1.165) is 10.9 Å². The van der Waals surface area contributed by atoms with Gasteiger partial charge in [-0.15, -0.1) is 0 Å². The van der Waals surface area contributed by atoms with E-state index in [1.54, 1.807) is 0 Å². The molecule has 0 aromatic carbocycles. The van der Waals surface area contributed by atoms with Crippen LogP contribution in [0.15, 0.2) is 29.7 Å². The number of phosphoric ester groups is 1. The standard InChI is InChI=1S/C21H25N9O13P2/c22-7-1-2-24-15-9(7)25-4-29(15)18-11(31)13-8(40-18)3-39-45(36,37)43-14-12(32)20(38-6-44(34,35)42-13)41-19(14)30-5-26-10-16(30)27-21(23)28-17(10)33/h1-2,4-5,8,11-14,18-20,31-32H,3,6H2,(H2,22,24)(H,34,35)(H,36,37)(H3,23,27,28,33)/t8-,11?,12-,13+,14?,18-,19-,20+/m1/s1. The molecule has 10 atom stereocenters. The molecule has 3 aliphatic rings. The van der Waals surface area contributed by atoms with Crippen molar-refractivity contribution in [3.05, 3.63) is 35.3 Å². The number of hydrogen-bond acceptors (Lipinski definition) is 17. The Labute approximate surface area is 249 Å². The molecule has 7 heterocycles. The van der Waals surface area contributed by atoms with E-state index in [4.69, 9.17) is 39.2 Å². The number of fused-ring (bicyclic) bond motifs is 5. The van der Waals surface area contributed by atoms with Crippen LogP contribution in [0.5, 0.6) is 0 Å². The van der Waals surface area contributed by atoms with Crippen molar-refractivity contribution in [2.24, 2.45) is 0 Å². The Bertz CT molecular complexity index is 1930. The molecule has 45 heavy (non-hydrogen) atoms. The molecule has 2 bridgehead atoms. The average Bonchev–Trinajstić information content (AvgIpc) is 3.72. The van der Waals surface area contributed by atoms with Crippen LogP contribution in [0.3, 0.4) is 0 Å². The maximum absolute atomic E-state index is 13.2. The normalized spacial score (nSPS) is 37.7. The van der Waals surface area contributed by atoms with Crippen LogP contribution >= 0.6 is 15.4 Å². The van der Waals surface area contributed by atoms with E-state index in [2.05, 4.69) is 24.9 Å². The van der Waals surface area contributed by atoms with Crippen LogP contribution in [0.25, 0.3) is 22.3 Å². The molecular weight excluding hydrogens is 648 g/mol. The van der Waals surface area contributed by atoms with Crippen LogP contribution in [0.2, 0.25) is 0 Å². The van der Waals surface area contributed by atoms with Crippen molar-refractivity contribution < 1.29 is 56.9 Å². The summed E-state index contributed by atoms with van der Waals surface area (Å²) in [6, 6.07) is 1.51. The average molecular weight is 673 g/mol. The van der Waals surface area contributed by atoms with Crippen LogP contribution in [0.1, 0.15) is 12.5 Å². The number of anilines is 2. The minimum absolute atomic E-state index is 0.140. The van der Waals surface area contributed by atoms with Crippen molar-refractivity contribution in [2.45, 2.75) is 49.3 Å². The number of aliphatic hydroxyl groups excluding tert-OH is 2. The number of nitrogens with zero attached hydrogens (tertiary/aromatic N) is 6. The second kappa shape index (κ2) is 10.9. The van der Waals surface area contributed by atoms with E-state index >= 15 is 0 Å². The van der Waals surface area contributed by atoms with Crippen molar-refractivity contribution in [3.63, 3.8) is 0 Å². The van der Waals surface area contributed by atoms with E-state index in [-0.39, 0.29) is 28.4 Å². The zero-order chi connectivity index (χ0) is 31.8. The van der Waals surface area contributed by atoms with E-state index in [1.165, 1.54) is 23.2 Å². The predicted octanol–water partition coefficient (Wildman–Crippen LogP) is -1.74. The summed E-state index contributed by atoms with van der Waals surface area (Å²) in [5.41, 5.74) is 11.4. The Kier molecular flexibility index (Phi) is 7.32. The van der Waals surface area contributed by atoms with Gasteiger partial charge in [0.25, 0.3) is 5.56 Å². The number of nitrogen functional groups attached to an aromatic ring is 2. The first-order chi connectivity index (χ1) is 21.3. The fourth-order valence-electron chi connectivity index (χ4n) is 5.32. The van der Waals surface area contributed by atoms with Gasteiger partial charge in [0, 0.05) is 6.20 Å². The third-order valence-corrected chi connectivity index (χ3v) is 9.35. The molecule has 0 amide bonds. The number of ether oxygens (including phenoxy) is 3. The highest BCUT2D eigenvalue weighted by Gasteiger charge is 2.54. The highest BCUT2D eigenvalue weighted by Crippen LogP contribution is 2.53. The topological polar surface area (TPSA) is 317 Å². The van der Waals surface area contributed by atoms with Gasteiger partial charge in [-0.1, -0.05) is 0 Å². The van der Waals surface area contributed by atoms with Crippen molar-refractivity contribution in [2.75, 3.05) is 24.4 Å². The number of rotatable bonds is 2. The van der Waals surface area contributed by atoms with Crippen LogP contribution in [0, 0.1) is 0 Å². The first-order valence-corrected chi connectivity index (χ1v) is 16.3. The van der Waals surface area contributed by atoms with E-state index < -0.39 is 83.2 Å². The molecule has 24 heteroatoms. The third kappa shape index (κ3) is 5.33. The van der Waals surface area contributed by atoms with Crippen molar-refractivity contribution in [1.29, 1.82) is 0 Å². The summed E-state index contributed by atoms with van der Waals surface area (Å²) in [5, 5.41) is 22.1. The smallest absolute Gasteiger partial charge is 0.397 e. The number of imidazole rings is 2. The zero-order valence-electron chi connectivity index (χ0n) is 22.5. The van der Waals surface area contributed by atoms with Gasteiger partial charge in [-0.05, 0) is 6.07 Å². The van der Waals surface area contributed by atoms with Crippen LogP contribution in [0.4, 0.5) is 11.6 Å². The lowest BCUT2D eigenvalue weighted by molar-refractivity contribution is -0.168. The number of aromatic nitrogens is 7. The maximum Gasteiger partial charge on any atom is 0.472 e. The molecule has 0 radical (unpaired) electrons. The second-order valence-corrected chi connectivity index (χ2v) is 13.4. The Morgan fingerprint density at radius 1 is 0.933 bits per heavy atom. The lowest BCUT2D eigenvalue weighted by atomic mass is 10.1. The molecule has 22 nitrogen and oxygen atoms in total. The van der Waals surface area contributed by atoms with Gasteiger partial charge in [0.05, 0.1) is 24.9 Å². The van der Waals surface area contributed by atoms with E-state index in [0.29, 0.717) is 5.52 Å². The molecule has 4 unspecified atom stereocenters. The van der Waals surface area contributed by atoms with Crippen molar-refractivity contribution in [1.82, 2.24) is 34.1 Å². The molecule has 242 valence electrons. The van der Waals surface area contributed by atoms with Crippen LogP contribution < -0.4 is 17.0 Å². The Balaban J connectivity index is 1.21. The fourth-order valence-corrected chi connectivity index (χ4v) is 7.29. The molecule has 0 spiro atoms. The van der Waals surface area contributed by atoms with Gasteiger partial charge in [0.2, 0.25) is 5.95 Å². The number of H-pyrrole nitrogens is 1. The van der Waals surface area contributed by atoms with Gasteiger partial charge in [-0.2, -0.15) is 4.98 Å². The number of phosphoric acid groups is 1.